The summed E-state index contributed by atoms with van der Waals surface area (Å²) >= 11 is 0. The van der Waals surface area contributed by atoms with Crippen molar-refractivity contribution in [2.45, 2.75) is 19.6 Å². The number of benzene rings is 3. The molecule has 0 aliphatic rings. The van der Waals surface area contributed by atoms with Gasteiger partial charge in [0.05, 0.1) is 6.20 Å². The van der Waals surface area contributed by atoms with Crippen LogP contribution in [0.25, 0.3) is 21.8 Å². The van der Waals surface area contributed by atoms with Crippen molar-refractivity contribution in [3.63, 3.8) is 0 Å². The number of rotatable bonds is 6. The largest absolute Gasteiger partial charge is 0.350 e. The maximum Gasteiger partial charge on any atom is 0.291 e. The van der Waals surface area contributed by atoms with Crippen LogP contribution in [0.3, 0.4) is 0 Å². The number of halogens is 2. The standard InChI is InChI=1S/C26H20F2N4O2/c27-19-9-5-17(6-10-19)13-29-24(33)16-32-26(34)25-22(14-30-32)21-3-1-2-4-23(21)31(25)15-18-7-11-20(28)12-8-18/h1-12,14H,13,15-16H2,(H,29,33). The minimum Gasteiger partial charge on any atom is -0.350 e. The molecule has 1 N–H and O–H groups in total. The second-order valence-electron chi connectivity index (χ2n) is 8.00. The van der Waals surface area contributed by atoms with Crippen molar-refractivity contribution in [2.75, 3.05) is 0 Å². The summed E-state index contributed by atoms with van der Waals surface area (Å²) in [5.41, 5.74) is 2.45. The van der Waals surface area contributed by atoms with Gasteiger partial charge in [0.2, 0.25) is 5.91 Å². The molecule has 1 amide bonds. The molecule has 6 nitrogen and oxygen atoms in total. The number of hydrogen-bond donors (Lipinski definition) is 1. The third kappa shape index (κ3) is 4.17. The van der Waals surface area contributed by atoms with Crippen molar-refractivity contribution in [1.82, 2.24) is 19.7 Å². The van der Waals surface area contributed by atoms with Crippen molar-refractivity contribution < 1.29 is 13.6 Å². The highest BCUT2D eigenvalue weighted by Gasteiger charge is 2.17. The third-order valence-electron chi connectivity index (χ3n) is 5.72. The lowest BCUT2D eigenvalue weighted by Crippen LogP contribution is -2.33. The average Bonchev–Trinajstić information content (AvgIpc) is 3.16. The number of aromatic nitrogens is 3. The number of carbonyl (C=O) groups excluding carboxylic acids is 1. The Kier molecular flexibility index (Phi) is 5.63. The van der Waals surface area contributed by atoms with Crippen LogP contribution in [0.5, 0.6) is 0 Å². The summed E-state index contributed by atoms with van der Waals surface area (Å²) in [6.45, 7) is 0.315. The van der Waals surface area contributed by atoms with Gasteiger partial charge in [0.25, 0.3) is 5.56 Å². The molecule has 0 radical (unpaired) electrons. The van der Waals surface area contributed by atoms with Gasteiger partial charge in [-0.25, -0.2) is 13.5 Å². The first-order chi connectivity index (χ1) is 16.5. The maximum atomic E-state index is 13.4. The number of nitrogens with zero attached hydrogens (tertiary/aromatic N) is 3. The Bertz CT molecular complexity index is 1550. The van der Waals surface area contributed by atoms with Gasteiger partial charge in [0.1, 0.15) is 23.7 Å². The molecule has 0 atom stereocenters. The molecule has 2 aromatic heterocycles. The van der Waals surface area contributed by atoms with Crippen molar-refractivity contribution >= 4 is 27.7 Å². The van der Waals surface area contributed by atoms with Gasteiger partial charge in [-0.05, 0) is 41.5 Å². The van der Waals surface area contributed by atoms with Gasteiger partial charge >= 0.3 is 0 Å². The summed E-state index contributed by atoms with van der Waals surface area (Å²) in [4.78, 5) is 25.9. The fourth-order valence-corrected chi connectivity index (χ4v) is 4.04. The molecule has 5 rings (SSSR count). The smallest absolute Gasteiger partial charge is 0.291 e. The Morgan fingerprint density at radius 1 is 0.853 bits per heavy atom. The molecule has 0 fully saturated rings. The molecular formula is C26H20F2N4O2. The maximum absolute atomic E-state index is 13.4. The molecule has 5 aromatic rings. The van der Waals surface area contributed by atoms with E-state index in [2.05, 4.69) is 10.4 Å². The van der Waals surface area contributed by atoms with Gasteiger partial charge in [-0.2, -0.15) is 5.10 Å². The topological polar surface area (TPSA) is 68.9 Å². The van der Waals surface area contributed by atoms with E-state index in [0.717, 1.165) is 26.7 Å². The Morgan fingerprint density at radius 3 is 2.21 bits per heavy atom. The Hall–Kier alpha value is -4.33. The fourth-order valence-electron chi connectivity index (χ4n) is 4.04. The number of nitrogens with one attached hydrogen (secondary N) is 1. The second-order valence-corrected chi connectivity index (χ2v) is 8.00. The van der Waals surface area contributed by atoms with Crippen LogP contribution in [0, 0.1) is 11.6 Å². The molecule has 3 aromatic carbocycles. The minimum atomic E-state index is -0.396. The first kappa shape index (κ1) is 21.5. The summed E-state index contributed by atoms with van der Waals surface area (Å²) in [6, 6.07) is 19.5. The highest BCUT2D eigenvalue weighted by atomic mass is 19.1. The first-order valence-electron chi connectivity index (χ1n) is 10.7. The number of amides is 1. The quantitative estimate of drug-likeness (QED) is 0.418. The Balaban J connectivity index is 1.48. The van der Waals surface area contributed by atoms with Crippen LogP contribution in [-0.2, 0) is 24.4 Å². The van der Waals surface area contributed by atoms with Crippen LogP contribution in [0.2, 0.25) is 0 Å². The SMILES string of the molecule is O=C(Cn1ncc2c3ccccc3n(Cc3ccc(F)cc3)c2c1=O)NCc1ccc(F)cc1. The normalized spacial score (nSPS) is 11.2. The average molecular weight is 458 g/mol. The van der Waals surface area contributed by atoms with Gasteiger partial charge in [-0.15, -0.1) is 0 Å². The summed E-state index contributed by atoms with van der Waals surface area (Å²) < 4.78 is 29.4. The molecule has 34 heavy (non-hydrogen) atoms. The summed E-state index contributed by atoms with van der Waals surface area (Å²) in [5.74, 6) is -1.07. The van der Waals surface area contributed by atoms with Crippen LogP contribution in [0.1, 0.15) is 11.1 Å². The second kappa shape index (κ2) is 8.90. The van der Waals surface area contributed by atoms with E-state index in [1.807, 2.05) is 28.8 Å². The Morgan fingerprint density at radius 2 is 1.50 bits per heavy atom. The predicted molar refractivity (Wildman–Crippen MR) is 125 cm³/mol. The molecule has 0 aliphatic carbocycles. The highest BCUT2D eigenvalue weighted by molar-refractivity contribution is 6.07. The van der Waals surface area contributed by atoms with Crippen LogP contribution >= 0.6 is 0 Å². The summed E-state index contributed by atoms with van der Waals surface area (Å²) in [5, 5.41) is 8.51. The molecule has 0 bridgehead atoms. The molecular weight excluding hydrogens is 438 g/mol. The number of fused-ring (bicyclic) bond motifs is 3. The lowest BCUT2D eigenvalue weighted by Gasteiger charge is -2.10. The van der Waals surface area contributed by atoms with Crippen LogP contribution in [0.15, 0.2) is 83.8 Å². The van der Waals surface area contributed by atoms with E-state index in [9.17, 15) is 18.4 Å². The van der Waals surface area contributed by atoms with E-state index < -0.39 is 5.56 Å². The van der Waals surface area contributed by atoms with Crippen molar-refractivity contribution in [3.8, 4) is 0 Å². The minimum absolute atomic E-state index is 0.209. The molecule has 170 valence electrons. The monoisotopic (exact) mass is 458 g/mol. The van der Waals surface area contributed by atoms with Gasteiger partial charge in [-0.3, -0.25) is 9.59 Å². The summed E-state index contributed by atoms with van der Waals surface area (Å²) in [6.07, 6.45) is 1.59. The first-order valence-corrected chi connectivity index (χ1v) is 10.7. The zero-order chi connectivity index (χ0) is 23.7. The fraction of sp³-hybridized carbons (Fsp3) is 0.115. The van der Waals surface area contributed by atoms with Gasteiger partial charge in [0, 0.05) is 29.4 Å². The molecule has 2 heterocycles. The number of carbonyl (C=O) groups is 1. The van der Waals surface area contributed by atoms with Gasteiger partial charge < -0.3 is 9.88 Å². The zero-order valence-corrected chi connectivity index (χ0v) is 18.0. The van der Waals surface area contributed by atoms with Crippen LogP contribution in [0.4, 0.5) is 8.78 Å². The lowest BCUT2D eigenvalue weighted by molar-refractivity contribution is -0.122. The molecule has 0 spiro atoms. The van der Waals surface area contributed by atoms with E-state index in [1.165, 1.54) is 24.3 Å². The van der Waals surface area contributed by atoms with E-state index in [4.69, 9.17) is 0 Å². The Labute approximate surface area is 193 Å². The van der Waals surface area contributed by atoms with E-state index >= 15 is 0 Å². The highest BCUT2D eigenvalue weighted by Crippen LogP contribution is 2.27. The van der Waals surface area contributed by atoms with E-state index in [1.54, 1.807) is 30.5 Å². The molecule has 0 unspecified atom stereocenters. The number of para-hydroxylation sites is 1. The van der Waals surface area contributed by atoms with Gasteiger partial charge in [-0.1, -0.05) is 42.5 Å². The van der Waals surface area contributed by atoms with Crippen molar-refractivity contribution in [3.05, 3.63) is 112 Å². The van der Waals surface area contributed by atoms with Crippen molar-refractivity contribution in [2.24, 2.45) is 0 Å². The van der Waals surface area contributed by atoms with Crippen LogP contribution < -0.4 is 10.9 Å². The van der Waals surface area contributed by atoms with Gasteiger partial charge in [0.15, 0.2) is 0 Å². The number of hydrogen-bond acceptors (Lipinski definition) is 3. The van der Waals surface area contributed by atoms with Crippen LogP contribution in [-0.4, -0.2) is 20.3 Å². The van der Waals surface area contributed by atoms with E-state index in [0.29, 0.717) is 17.4 Å². The molecule has 8 heteroatoms. The molecule has 0 aliphatic heterocycles. The lowest BCUT2D eigenvalue weighted by atomic mass is 10.2. The predicted octanol–water partition coefficient (Wildman–Crippen LogP) is 3.99. The molecule has 0 saturated carbocycles. The molecule has 0 saturated heterocycles. The summed E-state index contributed by atoms with van der Waals surface area (Å²) in [7, 11) is 0. The zero-order valence-electron chi connectivity index (χ0n) is 18.0. The third-order valence-corrected chi connectivity index (χ3v) is 5.72. The van der Waals surface area contributed by atoms with E-state index in [-0.39, 0.29) is 30.6 Å². The van der Waals surface area contributed by atoms with Crippen molar-refractivity contribution in [1.29, 1.82) is 0 Å².